The van der Waals surface area contributed by atoms with Crippen LogP contribution in [0.2, 0.25) is 0 Å². The van der Waals surface area contributed by atoms with E-state index < -0.39 is 11.9 Å². The molecule has 1 aliphatic heterocycles. The van der Waals surface area contributed by atoms with Gasteiger partial charge in [0, 0.05) is 25.2 Å². The van der Waals surface area contributed by atoms with E-state index in [1.807, 2.05) is 0 Å². The number of hydrogen-bond acceptors (Lipinski definition) is 4. The second kappa shape index (κ2) is 6.21. The van der Waals surface area contributed by atoms with Gasteiger partial charge in [-0.05, 0) is 19.8 Å². The first-order valence-corrected chi connectivity index (χ1v) is 7.54. The van der Waals surface area contributed by atoms with Crippen LogP contribution in [-0.4, -0.2) is 43.8 Å². The topological polar surface area (TPSA) is 74.8 Å². The standard InChI is InChI=1S/C15H16F3N5O/c1-9-5-20-11(6-19-9)14(24)23-4-2-3-10(8-23)13-21-7-12(22-13)15(16,17)18/h5-7,10H,2-4,8H2,1H3,(H,21,22)/t10-/m0/s1. The maximum Gasteiger partial charge on any atom is 0.432 e. The molecular weight excluding hydrogens is 323 g/mol. The molecule has 0 bridgehead atoms. The Morgan fingerprint density at radius 3 is 2.67 bits per heavy atom. The van der Waals surface area contributed by atoms with Crippen molar-refractivity contribution in [1.29, 1.82) is 0 Å². The quantitative estimate of drug-likeness (QED) is 0.912. The minimum absolute atomic E-state index is 0.233. The summed E-state index contributed by atoms with van der Waals surface area (Å²) >= 11 is 0. The van der Waals surface area contributed by atoms with E-state index in [2.05, 4.69) is 19.9 Å². The lowest BCUT2D eigenvalue weighted by Crippen LogP contribution is -2.39. The molecule has 6 nitrogen and oxygen atoms in total. The number of carbonyl (C=O) groups is 1. The van der Waals surface area contributed by atoms with Crippen LogP contribution in [0.25, 0.3) is 0 Å². The van der Waals surface area contributed by atoms with E-state index in [0.29, 0.717) is 31.6 Å². The molecular formula is C15H16F3N5O. The molecule has 24 heavy (non-hydrogen) atoms. The van der Waals surface area contributed by atoms with Crippen molar-refractivity contribution in [3.8, 4) is 0 Å². The Hall–Kier alpha value is -2.45. The zero-order valence-electron chi connectivity index (χ0n) is 13.0. The smallest absolute Gasteiger partial charge is 0.338 e. The molecule has 1 amide bonds. The van der Waals surface area contributed by atoms with Crippen molar-refractivity contribution in [2.24, 2.45) is 0 Å². The third-order valence-corrected chi connectivity index (χ3v) is 4.00. The lowest BCUT2D eigenvalue weighted by molar-refractivity contribution is -0.141. The first-order chi connectivity index (χ1) is 11.3. The van der Waals surface area contributed by atoms with Gasteiger partial charge in [0.05, 0.1) is 18.1 Å². The van der Waals surface area contributed by atoms with Crippen molar-refractivity contribution in [2.45, 2.75) is 31.9 Å². The monoisotopic (exact) mass is 339 g/mol. The summed E-state index contributed by atoms with van der Waals surface area (Å²) in [6.45, 7) is 2.62. The number of halogens is 3. The summed E-state index contributed by atoms with van der Waals surface area (Å²) in [4.78, 5) is 28.3. The second-order valence-electron chi connectivity index (χ2n) is 5.81. The Balaban J connectivity index is 1.73. The molecule has 1 N–H and O–H groups in total. The van der Waals surface area contributed by atoms with Crippen molar-refractivity contribution in [1.82, 2.24) is 24.8 Å². The second-order valence-corrected chi connectivity index (χ2v) is 5.81. The van der Waals surface area contributed by atoms with E-state index in [4.69, 9.17) is 0 Å². The number of imidazole rings is 1. The predicted molar refractivity (Wildman–Crippen MR) is 78.2 cm³/mol. The predicted octanol–water partition coefficient (Wildman–Crippen LogP) is 2.55. The summed E-state index contributed by atoms with van der Waals surface area (Å²) in [6.07, 6.45) is 0.632. The molecule has 3 rings (SSSR count). The van der Waals surface area contributed by atoms with Crippen LogP contribution < -0.4 is 0 Å². The fourth-order valence-corrected chi connectivity index (χ4v) is 2.74. The van der Waals surface area contributed by atoms with E-state index in [-0.39, 0.29) is 23.3 Å². The number of H-pyrrole nitrogens is 1. The summed E-state index contributed by atoms with van der Waals surface area (Å²) in [5.74, 6) is -0.262. The van der Waals surface area contributed by atoms with E-state index >= 15 is 0 Å². The number of aromatic amines is 1. The van der Waals surface area contributed by atoms with Crippen molar-refractivity contribution in [3.63, 3.8) is 0 Å². The molecule has 0 aliphatic carbocycles. The van der Waals surface area contributed by atoms with Crippen molar-refractivity contribution in [3.05, 3.63) is 41.5 Å². The van der Waals surface area contributed by atoms with E-state index in [1.54, 1.807) is 11.8 Å². The maximum atomic E-state index is 12.7. The largest absolute Gasteiger partial charge is 0.432 e. The number of rotatable bonds is 2. The number of carbonyl (C=O) groups excluding carboxylic acids is 1. The van der Waals surface area contributed by atoms with Crippen LogP contribution in [-0.2, 0) is 6.18 Å². The zero-order valence-corrected chi connectivity index (χ0v) is 13.0. The van der Waals surface area contributed by atoms with Crippen LogP contribution in [0.5, 0.6) is 0 Å². The molecule has 1 fully saturated rings. The number of aryl methyl sites for hydroxylation is 1. The third-order valence-electron chi connectivity index (χ3n) is 4.00. The number of hydrogen-bond donors (Lipinski definition) is 1. The maximum absolute atomic E-state index is 12.7. The van der Waals surface area contributed by atoms with Crippen molar-refractivity contribution < 1.29 is 18.0 Å². The molecule has 9 heteroatoms. The van der Waals surface area contributed by atoms with Gasteiger partial charge in [0.25, 0.3) is 5.91 Å². The number of nitrogens with zero attached hydrogens (tertiary/aromatic N) is 4. The Kier molecular flexibility index (Phi) is 4.25. The van der Waals surface area contributed by atoms with Crippen LogP contribution in [0.3, 0.4) is 0 Å². The zero-order chi connectivity index (χ0) is 17.3. The fraction of sp³-hybridized carbons (Fsp3) is 0.467. The minimum atomic E-state index is -4.45. The van der Waals surface area contributed by atoms with Gasteiger partial charge in [0.2, 0.25) is 0 Å². The molecule has 0 spiro atoms. The first-order valence-electron chi connectivity index (χ1n) is 7.54. The molecule has 2 aromatic heterocycles. The Morgan fingerprint density at radius 1 is 1.25 bits per heavy atom. The van der Waals surface area contributed by atoms with Gasteiger partial charge in [-0.2, -0.15) is 13.2 Å². The number of nitrogens with one attached hydrogen (secondary N) is 1. The summed E-state index contributed by atoms with van der Waals surface area (Å²) in [7, 11) is 0. The molecule has 0 saturated carbocycles. The first kappa shape index (κ1) is 16.4. The van der Waals surface area contributed by atoms with Gasteiger partial charge < -0.3 is 9.88 Å². The van der Waals surface area contributed by atoms with Gasteiger partial charge in [-0.1, -0.05) is 0 Å². The lowest BCUT2D eigenvalue weighted by Gasteiger charge is -2.31. The SMILES string of the molecule is Cc1cnc(C(=O)N2CCC[C@H](c3ncc(C(F)(F)F)[nH]3)C2)cn1. The van der Waals surface area contributed by atoms with Gasteiger partial charge in [-0.15, -0.1) is 0 Å². The van der Waals surface area contributed by atoms with Crippen molar-refractivity contribution in [2.75, 3.05) is 13.1 Å². The Bertz CT molecular complexity index is 725. The summed E-state index contributed by atoms with van der Waals surface area (Å²) in [6, 6.07) is 0. The van der Waals surface area contributed by atoms with Crippen LogP contribution in [0.1, 0.15) is 46.5 Å². The van der Waals surface area contributed by atoms with Gasteiger partial charge in [0.15, 0.2) is 0 Å². The molecule has 0 radical (unpaired) electrons. The summed E-state index contributed by atoms with van der Waals surface area (Å²) < 4.78 is 38.0. The van der Waals surface area contributed by atoms with Gasteiger partial charge in [-0.25, -0.2) is 9.97 Å². The molecule has 2 aromatic rings. The number of alkyl halides is 3. The van der Waals surface area contributed by atoms with E-state index in [0.717, 1.165) is 6.20 Å². The molecule has 0 aromatic carbocycles. The van der Waals surface area contributed by atoms with Crippen LogP contribution in [0.15, 0.2) is 18.6 Å². The highest BCUT2D eigenvalue weighted by Gasteiger charge is 2.35. The Labute approximate surface area is 136 Å². The fourth-order valence-electron chi connectivity index (χ4n) is 2.74. The summed E-state index contributed by atoms with van der Waals surface area (Å²) in [5, 5.41) is 0. The number of amides is 1. The van der Waals surface area contributed by atoms with Crippen LogP contribution in [0.4, 0.5) is 13.2 Å². The van der Waals surface area contributed by atoms with Crippen molar-refractivity contribution >= 4 is 5.91 Å². The molecule has 1 aliphatic rings. The normalized spacial score (nSPS) is 18.7. The molecule has 128 valence electrons. The van der Waals surface area contributed by atoms with E-state index in [1.165, 1.54) is 12.4 Å². The van der Waals surface area contributed by atoms with Gasteiger partial charge >= 0.3 is 6.18 Å². The molecule has 1 saturated heterocycles. The van der Waals surface area contributed by atoms with E-state index in [9.17, 15) is 18.0 Å². The highest BCUT2D eigenvalue weighted by Crippen LogP contribution is 2.31. The summed E-state index contributed by atoms with van der Waals surface area (Å²) in [5.41, 5.74) is 0.0698. The molecule has 3 heterocycles. The Morgan fingerprint density at radius 2 is 2.04 bits per heavy atom. The lowest BCUT2D eigenvalue weighted by atomic mass is 9.97. The highest BCUT2D eigenvalue weighted by molar-refractivity contribution is 5.92. The molecule has 0 unspecified atom stereocenters. The van der Waals surface area contributed by atoms with Gasteiger partial charge in [0.1, 0.15) is 17.2 Å². The highest BCUT2D eigenvalue weighted by atomic mass is 19.4. The number of likely N-dealkylation sites (tertiary alicyclic amines) is 1. The average molecular weight is 339 g/mol. The van der Waals surface area contributed by atoms with Crippen LogP contribution >= 0.6 is 0 Å². The number of piperidine rings is 1. The van der Waals surface area contributed by atoms with Gasteiger partial charge in [-0.3, -0.25) is 9.78 Å². The molecule has 1 atom stereocenters. The number of aromatic nitrogens is 4. The third kappa shape index (κ3) is 3.39. The van der Waals surface area contributed by atoms with Crippen LogP contribution in [0, 0.1) is 6.92 Å². The minimum Gasteiger partial charge on any atom is -0.338 e. The average Bonchev–Trinajstić information content (AvgIpc) is 3.05.